The van der Waals surface area contributed by atoms with Gasteiger partial charge in [-0.25, -0.2) is 0 Å². The van der Waals surface area contributed by atoms with Crippen LogP contribution in [-0.2, 0) is 0 Å². The van der Waals surface area contributed by atoms with Crippen LogP contribution in [0, 0.1) is 11.8 Å². The van der Waals surface area contributed by atoms with Crippen LogP contribution in [0.4, 0.5) is 0 Å². The maximum absolute atomic E-state index is 10.3. The van der Waals surface area contributed by atoms with Crippen molar-refractivity contribution >= 4 is 24.3 Å². The molecular weight excluding hydrogens is 491 g/mol. The molecule has 0 saturated carbocycles. The average molecular weight is 543 g/mol. The van der Waals surface area contributed by atoms with Crippen molar-refractivity contribution in [2.75, 3.05) is 13.2 Å². The quantitative estimate of drug-likeness (QED) is 0.156. The van der Waals surface area contributed by atoms with Crippen LogP contribution in [0.1, 0.15) is 99.8 Å². The van der Waals surface area contributed by atoms with Crippen molar-refractivity contribution in [1.82, 2.24) is 0 Å². The van der Waals surface area contributed by atoms with E-state index in [-0.39, 0.29) is 4.75 Å². The lowest BCUT2D eigenvalue weighted by atomic mass is 9.78. The molecule has 0 amide bonds. The molecule has 2 N–H and O–H groups in total. The fourth-order valence-corrected chi connectivity index (χ4v) is 5.49. The van der Waals surface area contributed by atoms with Gasteiger partial charge in [-0.1, -0.05) is 99.1 Å². The van der Waals surface area contributed by atoms with E-state index >= 15 is 0 Å². The van der Waals surface area contributed by atoms with E-state index in [1.54, 1.807) is 6.07 Å². The summed E-state index contributed by atoms with van der Waals surface area (Å²) < 4.78 is 12.8. The first kappa shape index (κ1) is 32.6. The standard InChI is InChI=1S/C32H51BO4S/c1-8-12-14-24(10-3)22-36-30-21-29(33(34)35)31(37-23-25(11-4)15-13-9-2)20-28(30)26-16-18-27(19-17-26)38-32(5,6)7/h16-21,24-25,34-35H,8-15,22-23H2,1-7H3. The van der Waals surface area contributed by atoms with E-state index in [0.29, 0.717) is 42.0 Å². The van der Waals surface area contributed by atoms with Crippen LogP contribution in [0.3, 0.4) is 0 Å². The zero-order valence-electron chi connectivity index (χ0n) is 24.9. The molecule has 0 radical (unpaired) electrons. The van der Waals surface area contributed by atoms with Crippen molar-refractivity contribution in [3.8, 4) is 22.6 Å². The van der Waals surface area contributed by atoms with Gasteiger partial charge in [0.1, 0.15) is 11.5 Å². The summed E-state index contributed by atoms with van der Waals surface area (Å²) in [6.07, 6.45) is 9.03. The Hall–Kier alpha value is -1.63. The van der Waals surface area contributed by atoms with Crippen molar-refractivity contribution < 1.29 is 19.5 Å². The van der Waals surface area contributed by atoms with Crippen LogP contribution in [-0.4, -0.2) is 35.1 Å². The van der Waals surface area contributed by atoms with E-state index < -0.39 is 7.12 Å². The fraction of sp³-hybridized carbons (Fsp3) is 0.625. The van der Waals surface area contributed by atoms with Gasteiger partial charge >= 0.3 is 7.12 Å². The minimum absolute atomic E-state index is 0.136. The van der Waals surface area contributed by atoms with Gasteiger partial charge in [0.2, 0.25) is 0 Å². The highest BCUT2D eigenvalue weighted by Crippen LogP contribution is 2.37. The van der Waals surface area contributed by atoms with Gasteiger partial charge in [0, 0.05) is 20.7 Å². The summed E-state index contributed by atoms with van der Waals surface area (Å²) in [6, 6.07) is 12.3. The number of unbranched alkanes of at least 4 members (excludes halogenated alkanes) is 2. The highest BCUT2D eigenvalue weighted by atomic mass is 32.2. The molecule has 212 valence electrons. The third-order valence-corrected chi connectivity index (χ3v) is 8.14. The number of hydrogen-bond acceptors (Lipinski definition) is 5. The lowest BCUT2D eigenvalue weighted by Gasteiger charge is -2.22. The maximum Gasteiger partial charge on any atom is 0.492 e. The monoisotopic (exact) mass is 542 g/mol. The van der Waals surface area contributed by atoms with Crippen molar-refractivity contribution in [2.24, 2.45) is 11.8 Å². The molecule has 0 aliphatic rings. The number of ether oxygens (including phenoxy) is 2. The molecule has 2 unspecified atom stereocenters. The Kier molecular flexibility index (Phi) is 14.1. The summed E-state index contributed by atoms with van der Waals surface area (Å²) in [5, 5.41) is 20.5. The molecule has 2 aromatic carbocycles. The van der Waals surface area contributed by atoms with E-state index in [9.17, 15) is 10.0 Å². The van der Waals surface area contributed by atoms with Gasteiger partial charge in [-0.2, -0.15) is 0 Å². The fourth-order valence-electron chi connectivity index (χ4n) is 4.52. The van der Waals surface area contributed by atoms with E-state index in [2.05, 4.69) is 72.7 Å². The van der Waals surface area contributed by atoms with Crippen molar-refractivity contribution in [1.29, 1.82) is 0 Å². The molecule has 2 rings (SSSR count). The molecule has 2 aromatic rings. The third-order valence-electron chi connectivity index (χ3n) is 7.02. The molecule has 0 bridgehead atoms. The van der Waals surface area contributed by atoms with Crippen LogP contribution < -0.4 is 14.9 Å². The van der Waals surface area contributed by atoms with Crippen LogP contribution in [0.25, 0.3) is 11.1 Å². The minimum atomic E-state index is -1.63. The van der Waals surface area contributed by atoms with Gasteiger partial charge in [0.15, 0.2) is 0 Å². The van der Waals surface area contributed by atoms with Crippen LogP contribution in [0.2, 0.25) is 0 Å². The molecule has 0 saturated heterocycles. The summed E-state index contributed by atoms with van der Waals surface area (Å²) in [7, 11) is -1.63. The predicted octanol–water partition coefficient (Wildman–Crippen LogP) is 8.11. The lowest BCUT2D eigenvalue weighted by molar-refractivity contribution is 0.229. The van der Waals surface area contributed by atoms with Gasteiger partial charge < -0.3 is 19.5 Å². The SMILES string of the molecule is CCCCC(CC)COc1cc(-c2ccc(SC(C)(C)C)cc2)c(OCC(CC)CCCC)cc1B(O)O. The molecule has 0 aliphatic carbocycles. The Bertz CT molecular complexity index is 940. The third kappa shape index (κ3) is 10.9. The number of hydrogen-bond donors (Lipinski definition) is 2. The molecule has 38 heavy (non-hydrogen) atoms. The number of thioether (sulfide) groups is 1. The van der Waals surface area contributed by atoms with Crippen molar-refractivity contribution in [3.63, 3.8) is 0 Å². The van der Waals surface area contributed by atoms with E-state index in [0.717, 1.165) is 43.2 Å². The molecule has 0 aromatic heterocycles. The first-order chi connectivity index (χ1) is 18.1. The minimum Gasteiger partial charge on any atom is -0.494 e. The molecule has 0 spiro atoms. The second-order valence-electron chi connectivity index (χ2n) is 11.5. The average Bonchev–Trinajstić information content (AvgIpc) is 2.88. The molecule has 0 fully saturated rings. The van der Waals surface area contributed by atoms with Gasteiger partial charge in [0.05, 0.1) is 13.2 Å². The second kappa shape index (κ2) is 16.5. The lowest BCUT2D eigenvalue weighted by Crippen LogP contribution is -2.32. The summed E-state index contributed by atoms with van der Waals surface area (Å²) in [6.45, 7) is 16.6. The second-order valence-corrected chi connectivity index (χ2v) is 13.4. The predicted molar refractivity (Wildman–Crippen MR) is 165 cm³/mol. The van der Waals surface area contributed by atoms with E-state index in [1.165, 1.54) is 24.2 Å². The Labute approximate surface area is 237 Å². The summed E-state index contributed by atoms with van der Waals surface area (Å²) in [4.78, 5) is 1.22. The highest BCUT2D eigenvalue weighted by molar-refractivity contribution is 8.00. The molecule has 4 nitrogen and oxygen atoms in total. The first-order valence-electron chi connectivity index (χ1n) is 14.7. The Morgan fingerprint density at radius 3 is 1.76 bits per heavy atom. The van der Waals surface area contributed by atoms with Crippen molar-refractivity contribution in [3.05, 3.63) is 36.4 Å². The van der Waals surface area contributed by atoms with Crippen LogP contribution in [0.15, 0.2) is 41.3 Å². The number of rotatable bonds is 17. The Morgan fingerprint density at radius 2 is 1.32 bits per heavy atom. The maximum atomic E-state index is 10.3. The molecule has 2 atom stereocenters. The smallest absolute Gasteiger partial charge is 0.492 e. The van der Waals surface area contributed by atoms with Crippen LogP contribution >= 0.6 is 11.8 Å². The molecule has 6 heteroatoms. The molecule has 0 aliphatic heterocycles. The van der Waals surface area contributed by atoms with Crippen LogP contribution in [0.5, 0.6) is 11.5 Å². The first-order valence-corrected chi connectivity index (χ1v) is 15.5. The largest absolute Gasteiger partial charge is 0.494 e. The zero-order chi connectivity index (χ0) is 28.1. The Morgan fingerprint density at radius 1 is 0.789 bits per heavy atom. The summed E-state index contributed by atoms with van der Waals surface area (Å²) >= 11 is 1.84. The van der Waals surface area contributed by atoms with E-state index in [4.69, 9.17) is 9.47 Å². The van der Waals surface area contributed by atoms with Gasteiger partial charge in [0.25, 0.3) is 0 Å². The van der Waals surface area contributed by atoms with Gasteiger partial charge in [-0.05, 0) is 54.5 Å². The normalized spacial score (nSPS) is 13.3. The van der Waals surface area contributed by atoms with Gasteiger partial charge in [-0.15, -0.1) is 11.8 Å². The summed E-state index contributed by atoms with van der Waals surface area (Å²) in [5.41, 5.74) is 2.31. The zero-order valence-corrected chi connectivity index (χ0v) is 25.7. The highest BCUT2D eigenvalue weighted by Gasteiger charge is 2.23. The summed E-state index contributed by atoms with van der Waals surface area (Å²) in [5.74, 6) is 2.10. The van der Waals surface area contributed by atoms with Gasteiger partial charge in [-0.3, -0.25) is 0 Å². The van der Waals surface area contributed by atoms with E-state index in [1.807, 2.05) is 17.8 Å². The Balaban J connectivity index is 2.44. The molecule has 0 heterocycles. The number of benzene rings is 2. The topological polar surface area (TPSA) is 58.9 Å². The van der Waals surface area contributed by atoms with Crippen molar-refractivity contribution in [2.45, 2.75) is 109 Å². The molecular formula is C32H51BO4S.